The second-order valence-corrected chi connectivity index (χ2v) is 3.26. The maximum atomic E-state index is 5.56. The summed E-state index contributed by atoms with van der Waals surface area (Å²) >= 11 is 0. The van der Waals surface area contributed by atoms with Crippen molar-refractivity contribution in [2.24, 2.45) is 0 Å². The molecule has 2 heterocycles. The Balaban J connectivity index is 2.14. The van der Waals surface area contributed by atoms with Crippen LogP contribution in [0.25, 0.3) is 0 Å². The Labute approximate surface area is 77.1 Å². The molecule has 1 fully saturated rings. The third-order valence-electron chi connectivity index (χ3n) is 2.31. The molecule has 13 heavy (non-hydrogen) atoms. The van der Waals surface area contributed by atoms with E-state index in [0.29, 0.717) is 11.7 Å². The molecule has 1 aliphatic heterocycles. The Morgan fingerprint density at radius 2 is 2.08 bits per heavy atom. The lowest BCUT2D eigenvalue weighted by Gasteiger charge is -2.21. The van der Waals surface area contributed by atoms with Crippen molar-refractivity contribution in [3.8, 4) is 0 Å². The first kappa shape index (κ1) is 8.44. The second-order valence-electron chi connectivity index (χ2n) is 3.26. The van der Waals surface area contributed by atoms with Gasteiger partial charge in [-0.3, -0.25) is 4.98 Å². The van der Waals surface area contributed by atoms with Crippen molar-refractivity contribution in [3.05, 3.63) is 18.1 Å². The van der Waals surface area contributed by atoms with Crippen molar-refractivity contribution in [2.45, 2.75) is 18.8 Å². The topological polar surface area (TPSA) is 61.0 Å². The van der Waals surface area contributed by atoms with Gasteiger partial charge >= 0.3 is 0 Å². The summed E-state index contributed by atoms with van der Waals surface area (Å²) in [6.45, 7) is 1.64. The minimum Gasteiger partial charge on any atom is -0.382 e. The van der Waals surface area contributed by atoms with Crippen molar-refractivity contribution in [2.75, 3.05) is 18.9 Å². The molecule has 0 saturated carbocycles. The monoisotopic (exact) mass is 179 g/mol. The highest BCUT2D eigenvalue weighted by atomic mass is 16.5. The summed E-state index contributed by atoms with van der Waals surface area (Å²) in [5.41, 5.74) is 6.56. The molecule has 0 unspecified atom stereocenters. The minimum absolute atomic E-state index is 0.477. The maximum Gasteiger partial charge on any atom is 0.142 e. The molecule has 1 aromatic heterocycles. The van der Waals surface area contributed by atoms with Gasteiger partial charge in [0, 0.05) is 25.3 Å². The minimum atomic E-state index is 0.477. The number of nitrogen functional groups attached to an aromatic ring is 1. The molecule has 0 aromatic carbocycles. The number of anilines is 1. The largest absolute Gasteiger partial charge is 0.382 e. The van der Waals surface area contributed by atoms with Crippen LogP contribution in [0.1, 0.15) is 24.5 Å². The SMILES string of the molecule is Nc1cncc(C2CCOCC2)n1. The van der Waals surface area contributed by atoms with Crippen LogP contribution in [-0.4, -0.2) is 23.2 Å². The molecule has 4 heteroatoms. The standard InChI is InChI=1S/C9H13N3O/c10-9-6-11-5-8(12-9)7-1-3-13-4-2-7/h5-7H,1-4H2,(H2,10,12). The summed E-state index contributed by atoms with van der Waals surface area (Å²) in [5.74, 6) is 0.980. The van der Waals surface area contributed by atoms with Gasteiger partial charge in [0.25, 0.3) is 0 Å². The molecule has 4 nitrogen and oxygen atoms in total. The van der Waals surface area contributed by atoms with E-state index in [1.54, 1.807) is 12.4 Å². The summed E-state index contributed by atoms with van der Waals surface area (Å²) in [4.78, 5) is 8.29. The van der Waals surface area contributed by atoms with E-state index in [0.717, 1.165) is 31.7 Å². The van der Waals surface area contributed by atoms with Crippen molar-refractivity contribution >= 4 is 5.82 Å². The molecule has 70 valence electrons. The van der Waals surface area contributed by atoms with Crippen LogP contribution in [0.15, 0.2) is 12.4 Å². The van der Waals surface area contributed by atoms with Crippen LogP contribution in [0.3, 0.4) is 0 Å². The highest BCUT2D eigenvalue weighted by Crippen LogP contribution is 2.24. The van der Waals surface area contributed by atoms with Gasteiger partial charge in [-0.05, 0) is 12.8 Å². The van der Waals surface area contributed by atoms with Gasteiger partial charge in [0.05, 0.1) is 11.9 Å². The Kier molecular flexibility index (Phi) is 2.40. The first-order valence-corrected chi connectivity index (χ1v) is 4.51. The van der Waals surface area contributed by atoms with Crippen LogP contribution in [0, 0.1) is 0 Å². The van der Waals surface area contributed by atoms with Crippen LogP contribution in [0.2, 0.25) is 0 Å². The Morgan fingerprint density at radius 3 is 2.77 bits per heavy atom. The van der Waals surface area contributed by atoms with E-state index in [1.165, 1.54) is 0 Å². The average molecular weight is 179 g/mol. The lowest BCUT2D eigenvalue weighted by Crippen LogP contribution is -2.15. The number of nitrogens with zero attached hydrogens (tertiary/aromatic N) is 2. The fraction of sp³-hybridized carbons (Fsp3) is 0.556. The first-order valence-electron chi connectivity index (χ1n) is 4.51. The molecule has 2 rings (SSSR count). The molecule has 0 spiro atoms. The highest BCUT2D eigenvalue weighted by Gasteiger charge is 2.17. The lowest BCUT2D eigenvalue weighted by molar-refractivity contribution is 0.0844. The quantitative estimate of drug-likeness (QED) is 0.697. The van der Waals surface area contributed by atoms with E-state index in [4.69, 9.17) is 10.5 Å². The zero-order valence-electron chi connectivity index (χ0n) is 7.44. The Bertz CT molecular complexity index is 284. The number of aromatic nitrogens is 2. The zero-order chi connectivity index (χ0) is 9.10. The van der Waals surface area contributed by atoms with Crippen LogP contribution >= 0.6 is 0 Å². The number of ether oxygens (including phenoxy) is 1. The first-order chi connectivity index (χ1) is 6.36. The van der Waals surface area contributed by atoms with Crippen LogP contribution in [0.5, 0.6) is 0 Å². The normalized spacial score (nSPS) is 18.8. The van der Waals surface area contributed by atoms with Crippen LogP contribution in [0.4, 0.5) is 5.82 Å². The molecule has 0 atom stereocenters. The highest BCUT2D eigenvalue weighted by molar-refractivity contribution is 5.25. The van der Waals surface area contributed by atoms with Gasteiger partial charge in [0.15, 0.2) is 0 Å². The van der Waals surface area contributed by atoms with Gasteiger partial charge in [0.2, 0.25) is 0 Å². The van der Waals surface area contributed by atoms with E-state index in [9.17, 15) is 0 Å². The lowest BCUT2D eigenvalue weighted by atomic mass is 9.97. The molecular formula is C9H13N3O. The van der Waals surface area contributed by atoms with Crippen LogP contribution in [-0.2, 0) is 4.74 Å². The van der Waals surface area contributed by atoms with E-state index in [-0.39, 0.29) is 0 Å². The fourth-order valence-electron chi connectivity index (χ4n) is 1.59. The molecule has 0 aliphatic carbocycles. The average Bonchev–Trinajstić information content (AvgIpc) is 2.19. The summed E-state index contributed by atoms with van der Waals surface area (Å²) < 4.78 is 5.27. The summed E-state index contributed by atoms with van der Waals surface area (Å²) in [7, 11) is 0. The molecular weight excluding hydrogens is 166 g/mol. The van der Waals surface area contributed by atoms with Crippen molar-refractivity contribution < 1.29 is 4.74 Å². The fourth-order valence-corrected chi connectivity index (χ4v) is 1.59. The molecule has 1 aromatic rings. The second kappa shape index (κ2) is 3.70. The van der Waals surface area contributed by atoms with E-state index in [1.807, 2.05) is 0 Å². The van der Waals surface area contributed by atoms with E-state index < -0.39 is 0 Å². The number of nitrogens with two attached hydrogens (primary N) is 1. The zero-order valence-corrected chi connectivity index (χ0v) is 7.44. The molecule has 0 amide bonds. The predicted molar refractivity (Wildman–Crippen MR) is 49.2 cm³/mol. The number of hydrogen-bond donors (Lipinski definition) is 1. The Hall–Kier alpha value is -1.16. The maximum absolute atomic E-state index is 5.56. The third kappa shape index (κ3) is 1.95. The third-order valence-corrected chi connectivity index (χ3v) is 2.31. The van der Waals surface area contributed by atoms with Gasteiger partial charge in [-0.25, -0.2) is 4.98 Å². The molecule has 1 saturated heterocycles. The predicted octanol–water partition coefficient (Wildman–Crippen LogP) is 0.953. The Morgan fingerprint density at radius 1 is 1.31 bits per heavy atom. The van der Waals surface area contributed by atoms with Gasteiger partial charge in [-0.2, -0.15) is 0 Å². The molecule has 2 N–H and O–H groups in total. The summed E-state index contributed by atoms with van der Waals surface area (Å²) in [6, 6.07) is 0. The van der Waals surface area contributed by atoms with Gasteiger partial charge in [-0.1, -0.05) is 0 Å². The molecule has 1 aliphatic rings. The molecule has 0 radical (unpaired) electrons. The van der Waals surface area contributed by atoms with Crippen LogP contribution < -0.4 is 5.73 Å². The summed E-state index contributed by atoms with van der Waals surface area (Å²) in [5, 5.41) is 0. The van der Waals surface area contributed by atoms with E-state index >= 15 is 0 Å². The van der Waals surface area contributed by atoms with Gasteiger partial charge in [0.1, 0.15) is 5.82 Å². The van der Waals surface area contributed by atoms with Gasteiger partial charge < -0.3 is 10.5 Å². The summed E-state index contributed by atoms with van der Waals surface area (Å²) in [6.07, 6.45) is 5.42. The van der Waals surface area contributed by atoms with Crippen molar-refractivity contribution in [1.82, 2.24) is 9.97 Å². The van der Waals surface area contributed by atoms with Crippen molar-refractivity contribution in [3.63, 3.8) is 0 Å². The smallest absolute Gasteiger partial charge is 0.142 e. The van der Waals surface area contributed by atoms with Gasteiger partial charge in [-0.15, -0.1) is 0 Å². The van der Waals surface area contributed by atoms with Crippen molar-refractivity contribution in [1.29, 1.82) is 0 Å². The number of hydrogen-bond acceptors (Lipinski definition) is 4. The van der Waals surface area contributed by atoms with E-state index in [2.05, 4.69) is 9.97 Å². The number of rotatable bonds is 1. The molecule has 0 bridgehead atoms.